The normalized spacial score (nSPS) is 11.5. The number of furan rings is 1. The molecule has 4 rings (SSSR count). The fourth-order valence-electron chi connectivity index (χ4n) is 3.05. The molecule has 0 unspecified atom stereocenters. The van der Waals surface area contributed by atoms with E-state index in [-0.39, 0.29) is 5.56 Å². The number of carboxylic acid groups (broad SMARTS) is 1. The SMILES string of the molecule is CC(C)c1ccc2nc(-c3cc4cc(Br)ccc4o3)cc(C(=O)O)c2c1. The number of aromatic carboxylic acids is 1. The molecule has 0 aliphatic heterocycles. The lowest BCUT2D eigenvalue weighted by Crippen LogP contribution is -2.01. The fraction of sp³-hybridized carbons (Fsp3) is 0.143. The second-order valence-corrected chi connectivity index (χ2v) is 7.50. The van der Waals surface area contributed by atoms with Crippen molar-refractivity contribution in [3.63, 3.8) is 0 Å². The van der Waals surface area contributed by atoms with Crippen LogP contribution < -0.4 is 0 Å². The van der Waals surface area contributed by atoms with Crippen LogP contribution in [-0.2, 0) is 0 Å². The molecule has 4 nitrogen and oxygen atoms in total. The minimum atomic E-state index is -0.974. The molecule has 0 radical (unpaired) electrons. The zero-order valence-electron chi connectivity index (χ0n) is 14.3. The van der Waals surface area contributed by atoms with Crippen molar-refractivity contribution in [2.24, 2.45) is 0 Å². The van der Waals surface area contributed by atoms with Crippen LogP contribution >= 0.6 is 15.9 Å². The molecule has 0 amide bonds. The summed E-state index contributed by atoms with van der Waals surface area (Å²) in [5.74, 6) is -0.108. The quantitative estimate of drug-likeness (QED) is 0.435. The molecule has 2 aromatic heterocycles. The minimum Gasteiger partial charge on any atom is -0.478 e. The molecule has 2 heterocycles. The van der Waals surface area contributed by atoms with Crippen molar-refractivity contribution in [2.75, 3.05) is 0 Å². The summed E-state index contributed by atoms with van der Waals surface area (Å²) in [6.07, 6.45) is 0. The van der Waals surface area contributed by atoms with Gasteiger partial charge in [0.2, 0.25) is 0 Å². The van der Waals surface area contributed by atoms with E-state index in [1.807, 2.05) is 42.5 Å². The van der Waals surface area contributed by atoms with Gasteiger partial charge >= 0.3 is 5.97 Å². The highest BCUT2D eigenvalue weighted by molar-refractivity contribution is 9.10. The van der Waals surface area contributed by atoms with Crippen LogP contribution in [-0.4, -0.2) is 16.1 Å². The third-order valence-corrected chi connectivity index (χ3v) is 4.95. The third kappa shape index (κ3) is 2.88. The van der Waals surface area contributed by atoms with Crippen LogP contribution in [0, 0.1) is 0 Å². The number of nitrogens with zero attached hydrogens (tertiary/aromatic N) is 1. The zero-order valence-corrected chi connectivity index (χ0v) is 15.9. The molecule has 26 heavy (non-hydrogen) atoms. The van der Waals surface area contributed by atoms with Crippen molar-refractivity contribution < 1.29 is 14.3 Å². The van der Waals surface area contributed by atoms with Crippen LogP contribution in [0.5, 0.6) is 0 Å². The average molecular weight is 410 g/mol. The first-order valence-electron chi connectivity index (χ1n) is 8.30. The number of fused-ring (bicyclic) bond motifs is 2. The van der Waals surface area contributed by atoms with E-state index in [1.165, 1.54) is 0 Å². The van der Waals surface area contributed by atoms with Gasteiger partial charge in [-0.25, -0.2) is 9.78 Å². The molecule has 0 spiro atoms. The molecule has 0 aliphatic rings. The van der Waals surface area contributed by atoms with Crippen LogP contribution in [0.3, 0.4) is 0 Å². The Morgan fingerprint density at radius 2 is 1.92 bits per heavy atom. The third-order valence-electron chi connectivity index (χ3n) is 4.46. The Morgan fingerprint density at radius 3 is 2.65 bits per heavy atom. The first-order valence-corrected chi connectivity index (χ1v) is 9.09. The highest BCUT2D eigenvalue weighted by Gasteiger charge is 2.16. The summed E-state index contributed by atoms with van der Waals surface area (Å²) < 4.78 is 6.83. The standard InChI is InChI=1S/C21H16BrNO3/c1-11(2)12-3-5-17-15(8-12)16(21(24)25)10-18(23-17)20-9-13-7-14(22)4-6-19(13)26-20/h3-11H,1-2H3,(H,24,25). The van der Waals surface area contributed by atoms with Gasteiger partial charge in [-0.05, 0) is 53.9 Å². The lowest BCUT2D eigenvalue weighted by molar-refractivity contribution is 0.0699. The number of hydrogen-bond acceptors (Lipinski definition) is 3. The Kier molecular flexibility index (Phi) is 4.04. The van der Waals surface area contributed by atoms with Crippen molar-refractivity contribution in [2.45, 2.75) is 19.8 Å². The lowest BCUT2D eigenvalue weighted by Gasteiger charge is -2.10. The van der Waals surface area contributed by atoms with Gasteiger partial charge in [0.1, 0.15) is 11.3 Å². The number of hydrogen-bond donors (Lipinski definition) is 1. The van der Waals surface area contributed by atoms with Crippen molar-refractivity contribution >= 4 is 43.8 Å². The van der Waals surface area contributed by atoms with Gasteiger partial charge in [0.15, 0.2) is 5.76 Å². The van der Waals surface area contributed by atoms with Crippen molar-refractivity contribution in [1.29, 1.82) is 0 Å². The van der Waals surface area contributed by atoms with Crippen LogP contribution in [0.15, 0.2) is 57.4 Å². The van der Waals surface area contributed by atoms with E-state index in [4.69, 9.17) is 4.42 Å². The number of aromatic nitrogens is 1. The predicted molar refractivity (Wildman–Crippen MR) is 106 cm³/mol. The van der Waals surface area contributed by atoms with Crippen LogP contribution in [0.2, 0.25) is 0 Å². The van der Waals surface area contributed by atoms with E-state index in [1.54, 1.807) is 6.07 Å². The molecule has 4 aromatic rings. The second kappa shape index (κ2) is 6.25. The molecule has 0 bridgehead atoms. The number of halogens is 1. The predicted octanol–water partition coefficient (Wildman–Crippen LogP) is 6.23. The Morgan fingerprint density at radius 1 is 1.12 bits per heavy atom. The first kappa shape index (κ1) is 16.8. The smallest absolute Gasteiger partial charge is 0.336 e. The van der Waals surface area contributed by atoms with Gasteiger partial charge < -0.3 is 9.52 Å². The van der Waals surface area contributed by atoms with Crippen molar-refractivity contribution in [3.05, 3.63) is 64.1 Å². The molecule has 2 aromatic carbocycles. The Balaban J connectivity index is 1.94. The summed E-state index contributed by atoms with van der Waals surface area (Å²) in [5.41, 5.74) is 3.21. The molecular formula is C21H16BrNO3. The van der Waals surface area contributed by atoms with Gasteiger partial charge in [-0.3, -0.25) is 0 Å². The van der Waals surface area contributed by atoms with Gasteiger partial charge in [-0.1, -0.05) is 35.8 Å². The molecule has 1 N–H and O–H groups in total. The maximum absolute atomic E-state index is 11.8. The molecule has 0 aliphatic carbocycles. The maximum atomic E-state index is 11.8. The summed E-state index contributed by atoms with van der Waals surface area (Å²) in [5, 5.41) is 11.3. The molecule has 0 atom stereocenters. The molecule has 0 saturated carbocycles. The first-order chi connectivity index (χ1) is 12.4. The van der Waals surface area contributed by atoms with Crippen LogP contribution in [0.1, 0.15) is 35.7 Å². The molecule has 5 heteroatoms. The van der Waals surface area contributed by atoms with Crippen molar-refractivity contribution in [1.82, 2.24) is 4.98 Å². The number of rotatable bonds is 3. The number of pyridine rings is 1. The van der Waals surface area contributed by atoms with E-state index in [9.17, 15) is 9.90 Å². The number of carboxylic acids is 1. The number of carbonyl (C=O) groups is 1. The maximum Gasteiger partial charge on any atom is 0.336 e. The van der Waals surface area contributed by atoms with Gasteiger partial charge in [0.05, 0.1) is 11.1 Å². The highest BCUT2D eigenvalue weighted by Crippen LogP contribution is 2.32. The highest BCUT2D eigenvalue weighted by atomic mass is 79.9. The van der Waals surface area contributed by atoms with Gasteiger partial charge in [-0.15, -0.1) is 0 Å². The van der Waals surface area contributed by atoms with Gasteiger partial charge in [-0.2, -0.15) is 0 Å². The van der Waals surface area contributed by atoms with E-state index in [2.05, 4.69) is 34.8 Å². The summed E-state index contributed by atoms with van der Waals surface area (Å²) in [7, 11) is 0. The second-order valence-electron chi connectivity index (χ2n) is 6.58. The molecule has 130 valence electrons. The van der Waals surface area contributed by atoms with E-state index >= 15 is 0 Å². The van der Waals surface area contributed by atoms with E-state index in [0.29, 0.717) is 28.3 Å². The molecule has 0 saturated heterocycles. The van der Waals surface area contributed by atoms with Crippen LogP contribution in [0.4, 0.5) is 0 Å². The Labute approximate surface area is 158 Å². The van der Waals surface area contributed by atoms with Gasteiger partial charge in [0, 0.05) is 15.2 Å². The summed E-state index contributed by atoms with van der Waals surface area (Å²) >= 11 is 3.44. The van der Waals surface area contributed by atoms with Gasteiger partial charge in [0.25, 0.3) is 0 Å². The average Bonchev–Trinajstić information content (AvgIpc) is 3.03. The molecule has 0 fully saturated rings. The van der Waals surface area contributed by atoms with Crippen LogP contribution in [0.25, 0.3) is 33.3 Å². The Hall–Kier alpha value is -2.66. The summed E-state index contributed by atoms with van der Waals surface area (Å²) in [6.45, 7) is 4.16. The minimum absolute atomic E-state index is 0.231. The summed E-state index contributed by atoms with van der Waals surface area (Å²) in [6, 6.07) is 15.0. The zero-order chi connectivity index (χ0) is 18.4. The lowest BCUT2D eigenvalue weighted by atomic mass is 9.98. The van der Waals surface area contributed by atoms with E-state index < -0.39 is 5.97 Å². The van der Waals surface area contributed by atoms with E-state index in [0.717, 1.165) is 21.0 Å². The topological polar surface area (TPSA) is 63.3 Å². The summed E-state index contributed by atoms with van der Waals surface area (Å²) in [4.78, 5) is 16.5. The number of benzene rings is 2. The molecular weight excluding hydrogens is 394 g/mol. The largest absolute Gasteiger partial charge is 0.478 e. The monoisotopic (exact) mass is 409 g/mol. The fourth-order valence-corrected chi connectivity index (χ4v) is 3.42. The Bertz CT molecular complexity index is 1160. The van der Waals surface area contributed by atoms with Crippen molar-refractivity contribution in [3.8, 4) is 11.5 Å².